The summed E-state index contributed by atoms with van der Waals surface area (Å²) in [6.07, 6.45) is 3.71. The summed E-state index contributed by atoms with van der Waals surface area (Å²) in [5, 5.41) is 2.94. The van der Waals surface area contributed by atoms with Crippen LogP contribution in [-0.4, -0.2) is 35.5 Å². The molecule has 128 valence electrons. The molecule has 0 bridgehead atoms. The molecule has 0 radical (unpaired) electrons. The maximum Gasteiger partial charge on any atom is 0.337 e. The molecule has 1 heterocycles. The van der Waals surface area contributed by atoms with Crippen molar-refractivity contribution in [2.75, 3.05) is 7.11 Å². The fourth-order valence-electron chi connectivity index (χ4n) is 3.69. The molecule has 1 saturated carbocycles. The number of carbonyl (C=O) groups excluding carboxylic acids is 3. The van der Waals surface area contributed by atoms with E-state index in [4.69, 9.17) is 0 Å². The maximum absolute atomic E-state index is 12.9. The third-order valence-corrected chi connectivity index (χ3v) is 5.22. The van der Waals surface area contributed by atoms with Crippen molar-refractivity contribution in [3.05, 3.63) is 35.4 Å². The summed E-state index contributed by atoms with van der Waals surface area (Å²) >= 11 is 0. The monoisotopic (exact) mass is 330 g/mol. The van der Waals surface area contributed by atoms with Crippen molar-refractivity contribution in [2.45, 2.75) is 44.7 Å². The minimum Gasteiger partial charge on any atom is -0.465 e. The maximum atomic E-state index is 12.9. The highest BCUT2D eigenvalue weighted by molar-refractivity contribution is 6.07. The molecule has 1 aliphatic carbocycles. The Kier molecular flexibility index (Phi) is 4.30. The second-order valence-electron chi connectivity index (χ2n) is 6.63. The number of benzene rings is 1. The number of carbonyl (C=O) groups is 3. The second kappa shape index (κ2) is 6.26. The van der Waals surface area contributed by atoms with Crippen molar-refractivity contribution in [2.24, 2.45) is 5.92 Å². The highest BCUT2D eigenvalue weighted by Gasteiger charge is 2.54. The fourth-order valence-corrected chi connectivity index (χ4v) is 3.69. The SMILES string of the molecule is COC(=O)c1ccc(CN2C(=O)N[C@]3(CCCC[C@@H]3C)C2=O)cc1. The van der Waals surface area contributed by atoms with Crippen LogP contribution in [0.25, 0.3) is 0 Å². The predicted octanol–water partition coefficient (Wildman–Crippen LogP) is 2.47. The van der Waals surface area contributed by atoms with Gasteiger partial charge >= 0.3 is 12.0 Å². The van der Waals surface area contributed by atoms with Gasteiger partial charge in [0.1, 0.15) is 5.54 Å². The number of urea groups is 1. The predicted molar refractivity (Wildman–Crippen MR) is 87.2 cm³/mol. The summed E-state index contributed by atoms with van der Waals surface area (Å²) in [7, 11) is 1.33. The number of hydrogen-bond donors (Lipinski definition) is 1. The molecule has 3 rings (SSSR count). The number of methoxy groups -OCH3 is 1. The number of nitrogens with one attached hydrogen (secondary N) is 1. The summed E-state index contributed by atoms with van der Waals surface area (Å²) in [5.74, 6) is -0.391. The lowest BCUT2D eigenvalue weighted by Crippen LogP contribution is -2.53. The fraction of sp³-hybridized carbons (Fsp3) is 0.500. The topological polar surface area (TPSA) is 75.7 Å². The Morgan fingerprint density at radius 1 is 1.29 bits per heavy atom. The standard InChI is InChI=1S/C18H22N2O4/c1-12-5-3-4-10-18(12)16(22)20(17(23)19-18)11-13-6-8-14(9-7-13)15(21)24-2/h6-9,12H,3-5,10-11H2,1-2H3,(H,19,23)/t12-,18-/m0/s1. The number of esters is 1. The number of ether oxygens (including phenoxy) is 1. The third-order valence-electron chi connectivity index (χ3n) is 5.22. The molecule has 1 spiro atoms. The Hall–Kier alpha value is -2.37. The molecule has 0 unspecified atom stereocenters. The summed E-state index contributed by atoms with van der Waals surface area (Å²) in [6.45, 7) is 2.24. The Morgan fingerprint density at radius 2 is 2.00 bits per heavy atom. The van der Waals surface area contributed by atoms with Crippen LogP contribution >= 0.6 is 0 Å². The average molecular weight is 330 g/mol. The van der Waals surface area contributed by atoms with Gasteiger partial charge in [0, 0.05) is 0 Å². The van der Waals surface area contributed by atoms with Gasteiger partial charge in [-0.25, -0.2) is 9.59 Å². The van der Waals surface area contributed by atoms with Crippen molar-refractivity contribution < 1.29 is 19.1 Å². The number of hydrogen-bond acceptors (Lipinski definition) is 4. The zero-order chi connectivity index (χ0) is 17.3. The van der Waals surface area contributed by atoms with Gasteiger partial charge in [-0.15, -0.1) is 0 Å². The van der Waals surface area contributed by atoms with Gasteiger partial charge < -0.3 is 10.1 Å². The second-order valence-corrected chi connectivity index (χ2v) is 6.63. The van der Waals surface area contributed by atoms with Crippen LogP contribution in [0.4, 0.5) is 4.79 Å². The summed E-state index contributed by atoms with van der Waals surface area (Å²) in [6, 6.07) is 6.42. The van der Waals surface area contributed by atoms with E-state index in [1.807, 2.05) is 6.92 Å². The van der Waals surface area contributed by atoms with Gasteiger partial charge in [0.15, 0.2) is 0 Å². The van der Waals surface area contributed by atoms with Gasteiger partial charge in [-0.3, -0.25) is 9.69 Å². The molecule has 2 fully saturated rings. The molecule has 1 aromatic rings. The zero-order valence-corrected chi connectivity index (χ0v) is 14.0. The van der Waals surface area contributed by atoms with Crippen LogP contribution in [0.2, 0.25) is 0 Å². The molecule has 0 aromatic heterocycles. The normalized spacial score (nSPS) is 26.6. The molecule has 2 atom stereocenters. The molecule has 1 saturated heterocycles. The number of nitrogens with zero attached hydrogens (tertiary/aromatic N) is 1. The minimum absolute atomic E-state index is 0.128. The van der Waals surface area contributed by atoms with Gasteiger partial charge in [-0.2, -0.15) is 0 Å². The van der Waals surface area contributed by atoms with E-state index >= 15 is 0 Å². The third kappa shape index (κ3) is 2.66. The van der Waals surface area contributed by atoms with Crippen molar-refractivity contribution in [3.8, 4) is 0 Å². The summed E-state index contributed by atoms with van der Waals surface area (Å²) in [5.41, 5.74) is 0.504. The van der Waals surface area contributed by atoms with Gasteiger partial charge in [-0.05, 0) is 36.5 Å². The molecular weight excluding hydrogens is 308 g/mol. The summed E-state index contributed by atoms with van der Waals surface area (Å²) in [4.78, 5) is 38.0. The number of imide groups is 1. The van der Waals surface area contributed by atoms with E-state index in [0.717, 1.165) is 24.8 Å². The van der Waals surface area contributed by atoms with E-state index in [1.54, 1.807) is 24.3 Å². The number of amides is 3. The first-order chi connectivity index (χ1) is 11.5. The molecule has 3 amide bonds. The van der Waals surface area contributed by atoms with Crippen LogP contribution in [-0.2, 0) is 16.1 Å². The molecule has 1 N–H and O–H groups in total. The van der Waals surface area contributed by atoms with Crippen LogP contribution in [0, 0.1) is 5.92 Å². The average Bonchev–Trinajstić information content (AvgIpc) is 2.82. The zero-order valence-electron chi connectivity index (χ0n) is 14.0. The summed E-state index contributed by atoms with van der Waals surface area (Å²) < 4.78 is 4.66. The lowest BCUT2D eigenvalue weighted by molar-refractivity contribution is -0.134. The van der Waals surface area contributed by atoms with E-state index in [-0.39, 0.29) is 24.4 Å². The Morgan fingerprint density at radius 3 is 2.62 bits per heavy atom. The van der Waals surface area contributed by atoms with E-state index < -0.39 is 11.5 Å². The van der Waals surface area contributed by atoms with Crippen LogP contribution in [0.1, 0.15) is 48.5 Å². The van der Waals surface area contributed by atoms with Gasteiger partial charge in [-0.1, -0.05) is 31.9 Å². The molecule has 2 aliphatic rings. The smallest absolute Gasteiger partial charge is 0.337 e. The first kappa shape index (κ1) is 16.5. The Bertz CT molecular complexity index is 670. The largest absolute Gasteiger partial charge is 0.465 e. The van der Waals surface area contributed by atoms with Crippen molar-refractivity contribution in [1.82, 2.24) is 10.2 Å². The van der Waals surface area contributed by atoms with Crippen LogP contribution < -0.4 is 5.32 Å². The molecule has 1 aromatic carbocycles. The molecule has 6 heteroatoms. The van der Waals surface area contributed by atoms with E-state index in [9.17, 15) is 14.4 Å². The van der Waals surface area contributed by atoms with Crippen molar-refractivity contribution in [1.29, 1.82) is 0 Å². The highest BCUT2D eigenvalue weighted by atomic mass is 16.5. The van der Waals surface area contributed by atoms with Crippen LogP contribution in [0.5, 0.6) is 0 Å². The number of rotatable bonds is 3. The molecular formula is C18H22N2O4. The first-order valence-electron chi connectivity index (χ1n) is 8.29. The molecule has 6 nitrogen and oxygen atoms in total. The quantitative estimate of drug-likeness (QED) is 0.682. The van der Waals surface area contributed by atoms with Gasteiger partial charge in [0.25, 0.3) is 5.91 Å². The molecule has 1 aliphatic heterocycles. The minimum atomic E-state index is -0.735. The van der Waals surface area contributed by atoms with E-state index in [0.29, 0.717) is 12.0 Å². The van der Waals surface area contributed by atoms with Gasteiger partial charge in [0.05, 0.1) is 19.2 Å². The van der Waals surface area contributed by atoms with Gasteiger partial charge in [0.2, 0.25) is 0 Å². The highest BCUT2D eigenvalue weighted by Crippen LogP contribution is 2.38. The van der Waals surface area contributed by atoms with E-state index in [1.165, 1.54) is 12.0 Å². The lowest BCUT2D eigenvalue weighted by Gasteiger charge is -2.36. The Labute approximate surface area is 141 Å². The van der Waals surface area contributed by atoms with Crippen LogP contribution in [0.15, 0.2) is 24.3 Å². The lowest BCUT2D eigenvalue weighted by atomic mass is 9.73. The Balaban J connectivity index is 1.77. The van der Waals surface area contributed by atoms with E-state index in [2.05, 4.69) is 10.1 Å². The van der Waals surface area contributed by atoms with Crippen molar-refractivity contribution in [3.63, 3.8) is 0 Å². The first-order valence-corrected chi connectivity index (χ1v) is 8.29. The van der Waals surface area contributed by atoms with Crippen molar-refractivity contribution >= 4 is 17.9 Å². The molecule has 24 heavy (non-hydrogen) atoms. The van der Waals surface area contributed by atoms with Crippen LogP contribution in [0.3, 0.4) is 0 Å².